The number of aromatic nitrogens is 2. The minimum absolute atomic E-state index is 0.463. The molecule has 1 aromatic heterocycles. The Bertz CT molecular complexity index is 344. The van der Waals surface area contributed by atoms with Gasteiger partial charge in [0.05, 0.1) is 6.33 Å². The molecule has 2 rings (SSSR count). The first kappa shape index (κ1) is 12.1. The lowest BCUT2D eigenvalue weighted by Gasteiger charge is -2.26. The number of H-pyrrole nitrogens is 1. The van der Waals surface area contributed by atoms with E-state index in [2.05, 4.69) is 15.3 Å². The molecule has 94 valence electrons. The lowest BCUT2D eigenvalue weighted by Crippen LogP contribution is -2.44. The summed E-state index contributed by atoms with van der Waals surface area (Å²) >= 11 is 0. The highest BCUT2D eigenvalue weighted by atomic mass is 16.4. The molecular formula is C11H18N4O2. The number of aliphatic carboxylic acids is 1. The summed E-state index contributed by atoms with van der Waals surface area (Å²) in [4.78, 5) is 20.3. The number of carboxylic acid groups (broad SMARTS) is 1. The molecule has 1 aliphatic rings. The molecule has 3 N–H and O–H groups in total. The van der Waals surface area contributed by atoms with Crippen LogP contribution in [0.5, 0.6) is 0 Å². The van der Waals surface area contributed by atoms with Gasteiger partial charge in [0, 0.05) is 37.9 Å². The van der Waals surface area contributed by atoms with Gasteiger partial charge in [0.2, 0.25) is 0 Å². The molecule has 0 spiro atoms. The van der Waals surface area contributed by atoms with Crippen molar-refractivity contribution < 1.29 is 9.90 Å². The lowest BCUT2D eigenvalue weighted by atomic mass is 10.1. The Morgan fingerprint density at radius 3 is 3.12 bits per heavy atom. The third kappa shape index (κ3) is 3.28. The van der Waals surface area contributed by atoms with E-state index in [1.54, 1.807) is 12.5 Å². The second-order valence-electron chi connectivity index (χ2n) is 4.27. The van der Waals surface area contributed by atoms with Crippen LogP contribution in [-0.4, -0.2) is 58.2 Å². The zero-order valence-corrected chi connectivity index (χ0v) is 9.72. The first-order chi connectivity index (χ1) is 8.27. The molecule has 0 amide bonds. The van der Waals surface area contributed by atoms with Gasteiger partial charge in [-0.1, -0.05) is 0 Å². The Labute approximate surface area is 100 Å². The zero-order chi connectivity index (χ0) is 12.1. The van der Waals surface area contributed by atoms with Gasteiger partial charge in [0.1, 0.15) is 6.04 Å². The van der Waals surface area contributed by atoms with E-state index in [1.165, 1.54) is 0 Å². The highest BCUT2D eigenvalue weighted by molar-refractivity contribution is 5.73. The predicted molar refractivity (Wildman–Crippen MR) is 62.8 cm³/mol. The van der Waals surface area contributed by atoms with Crippen LogP contribution in [0, 0.1) is 0 Å². The minimum Gasteiger partial charge on any atom is -0.480 e. The number of carboxylic acids is 1. The molecule has 0 radical (unpaired) electrons. The average molecular weight is 238 g/mol. The van der Waals surface area contributed by atoms with Crippen LogP contribution in [0.25, 0.3) is 0 Å². The van der Waals surface area contributed by atoms with Crippen LogP contribution in [0.2, 0.25) is 0 Å². The van der Waals surface area contributed by atoms with Gasteiger partial charge in [-0.15, -0.1) is 0 Å². The average Bonchev–Trinajstić information content (AvgIpc) is 2.67. The van der Waals surface area contributed by atoms with Crippen molar-refractivity contribution in [2.45, 2.75) is 18.9 Å². The van der Waals surface area contributed by atoms with Gasteiger partial charge < -0.3 is 15.4 Å². The zero-order valence-electron chi connectivity index (χ0n) is 9.72. The fraction of sp³-hybridized carbons (Fsp3) is 0.636. The van der Waals surface area contributed by atoms with Crippen molar-refractivity contribution >= 4 is 5.97 Å². The van der Waals surface area contributed by atoms with E-state index in [0.717, 1.165) is 38.3 Å². The maximum atomic E-state index is 11.3. The van der Waals surface area contributed by atoms with E-state index >= 15 is 0 Å². The van der Waals surface area contributed by atoms with Gasteiger partial charge in [-0.05, 0) is 13.0 Å². The molecule has 0 bridgehead atoms. The van der Waals surface area contributed by atoms with E-state index in [9.17, 15) is 9.90 Å². The molecule has 17 heavy (non-hydrogen) atoms. The summed E-state index contributed by atoms with van der Waals surface area (Å²) in [6.45, 7) is 3.43. The molecule has 0 aliphatic carbocycles. The summed E-state index contributed by atoms with van der Waals surface area (Å²) in [5.41, 5.74) is 0.870. The van der Waals surface area contributed by atoms with Crippen LogP contribution in [0.4, 0.5) is 0 Å². The van der Waals surface area contributed by atoms with Crippen molar-refractivity contribution in [3.05, 3.63) is 18.2 Å². The highest BCUT2D eigenvalue weighted by Crippen LogP contribution is 2.09. The Balaban J connectivity index is 2.02. The first-order valence-electron chi connectivity index (χ1n) is 5.92. The van der Waals surface area contributed by atoms with Crippen molar-refractivity contribution in [1.29, 1.82) is 0 Å². The van der Waals surface area contributed by atoms with Crippen molar-refractivity contribution in [3.63, 3.8) is 0 Å². The number of hydrogen-bond donors (Lipinski definition) is 3. The number of imidazole rings is 1. The van der Waals surface area contributed by atoms with Crippen LogP contribution in [0.15, 0.2) is 12.5 Å². The topological polar surface area (TPSA) is 81.2 Å². The summed E-state index contributed by atoms with van der Waals surface area (Å²) in [7, 11) is 0. The number of aromatic amines is 1. The lowest BCUT2D eigenvalue weighted by molar-refractivity contribution is -0.143. The summed E-state index contributed by atoms with van der Waals surface area (Å²) in [6, 6.07) is -0.463. The quantitative estimate of drug-likeness (QED) is 0.671. The molecule has 1 saturated heterocycles. The van der Waals surface area contributed by atoms with Gasteiger partial charge in [-0.3, -0.25) is 9.69 Å². The van der Waals surface area contributed by atoms with Crippen LogP contribution in [-0.2, 0) is 11.2 Å². The molecule has 0 saturated carbocycles. The number of rotatable bonds is 4. The van der Waals surface area contributed by atoms with Crippen LogP contribution >= 0.6 is 0 Å². The Hall–Kier alpha value is -1.40. The Morgan fingerprint density at radius 2 is 2.41 bits per heavy atom. The van der Waals surface area contributed by atoms with E-state index < -0.39 is 12.0 Å². The smallest absolute Gasteiger partial charge is 0.321 e. The SMILES string of the molecule is O=C(O)C(Cc1cnc[nH]1)N1CCCNCC1. The van der Waals surface area contributed by atoms with Crippen LogP contribution < -0.4 is 5.32 Å². The normalized spacial score (nSPS) is 19.8. The number of nitrogens with one attached hydrogen (secondary N) is 2. The maximum Gasteiger partial charge on any atom is 0.321 e. The minimum atomic E-state index is -0.762. The van der Waals surface area contributed by atoms with Crippen LogP contribution in [0.3, 0.4) is 0 Å². The van der Waals surface area contributed by atoms with Crippen molar-refractivity contribution in [3.8, 4) is 0 Å². The van der Waals surface area contributed by atoms with Crippen molar-refractivity contribution in [2.75, 3.05) is 26.2 Å². The molecule has 1 unspecified atom stereocenters. The molecule has 6 heteroatoms. The summed E-state index contributed by atoms with van der Waals surface area (Å²) in [5, 5.41) is 12.6. The molecule has 1 aliphatic heterocycles. The van der Waals surface area contributed by atoms with Gasteiger partial charge in [0.15, 0.2) is 0 Å². The number of hydrogen-bond acceptors (Lipinski definition) is 4. The fourth-order valence-electron chi connectivity index (χ4n) is 2.16. The predicted octanol–water partition coefficient (Wildman–Crippen LogP) is -0.299. The van der Waals surface area contributed by atoms with Crippen LogP contribution in [0.1, 0.15) is 12.1 Å². The standard InChI is InChI=1S/C11H18N4O2/c16-11(17)10(6-9-7-13-8-14-9)15-4-1-2-12-3-5-15/h7-8,10,12H,1-6H2,(H,13,14)(H,16,17). The van der Waals surface area contributed by atoms with E-state index in [0.29, 0.717) is 6.42 Å². The Kier molecular flexibility index (Phi) is 4.11. The third-order valence-corrected chi connectivity index (χ3v) is 3.07. The molecular weight excluding hydrogens is 220 g/mol. The molecule has 2 heterocycles. The number of nitrogens with zero attached hydrogens (tertiary/aromatic N) is 2. The molecule has 6 nitrogen and oxygen atoms in total. The highest BCUT2D eigenvalue weighted by Gasteiger charge is 2.26. The maximum absolute atomic E-state index is 11.3. The van der Waals surface area contributed by atoms with Gasteiger partial charge in [0.25, 0.3) is 0 Å². The number of carbonyl (C=O) groups is 1. The molecule has 1 atom stereocenters. The Morgan fingerprint density at radius 1 is 1.53 bits per heavy atom. The van der Waals surface area contributed by atoms with Gasteiger partial charge in [-0.25, -0.2) is 4.98 Å². The van der Waals surface area contributed by atoms with Crippen molar-refractivity contribution in [2.24, 2.45) is 0 Å². The van der Waals surface area contributed by atoms with Crippen molar-refractivity contribution in [1.82, 2.24) is 20.2 Å². The van der Waals surface area contributed by atoms with E-state index in [4.69, 9.17) is 0 Å². The van der Waals surface area contributed by atoms with E-state index in [1.807, 2.05) is 4.90 Å². The third-order valence-electron chi connectivity index (χ3n) is 3.07. The summed E-state index contributed by atoms with van der Waals surface area (Å²) in [5.74, 6) is -0.762. The van der Waals surface area contributed by atoms with E-state index in [-0.39, 0.29) is 0 Å². The first-order valence-corrected chi connectivity index (χ1v) is 5.92. The fourth-order valence-corrected chi connectivity index (χ4v) is 2.16. The molecule has 1 aromatic rings. The second kappa shape index (κ2) is 5.79. The largest absolute Gasteiger partial charge is 0.480 e. The monoisotopic (exact) mass is 238 g/mol. The summed E-state index contributed by atoms with van der Waals surface area (Å²) in [6.07, 6.45) is 4.74. The molecule has 0 aromatic carbocycles. The van der Waals surface area contributed by atoms with Gasteiger partial charge >= 0.3 is 5.97 Å². The summed E-state index contributed by atoms with van der Waals surface area (Å²) < 4.78 is 0. The molecule has 1 fully saturated rings. The second-order valence-corrected chi connectivity index (χ2v) is 4.27. The van der Waals surface area contributed by atoms with Gasteiger partial charge in [-0.2, -0.15) is 0 Å².